The van der Waals surface area contributed by atoms with Gasteiger partial charge >= 0.3 is 0 Å². The van der Waals surface area contributed by atoms with Crippen LogP contribution in [0.15, 0.2) is 33.7 Å². The molecular formula is C13H17N3O5S. The third-order valence-electron chi connectivity index (χ3n) is 2.77. The zero-order valence-corrected chi connectivity index (χ0v) is 13.1. The molecular weight excluding hydrogens is 310 g/mol. The monoisotopic (exact) mass is 327 g/mol. The Morgan fingerprint density at radius 1 is 1.32 bits per heavy atom. The number of aromatic nitrogens is 2. The molecule has 0 aliphatic heterocycles. The van der Waals surface area contributed by atoms with Crippen LogP contribution in [-0.2, 0) is 27.8 Å². The molecule has 0 saturated heterocycles. The van der Waals surface area contributed by atoms with Gasteiger partial charge in [0.05, 0.1) is 12.0 Å². The first-order valence-electron chi connectivity index (χ1n) is 6.49. The van der Waals surface area contributed by atoms with Crippen molar-refractivity contribution in [2.75, 3.05) is 20.8 Å². The Bertz CT molecular complexity index is 714. The van der Waals surface area contributed by atoms with Crippen LogP contribution in [0, 0.1) is 0 Å². The Labute approximate surface area is 128 Å². The topological polar surface area (TPSA) is 104 Å². The summed E-state index contributed by atoms with van der Waals surface area (Å²) in [5.41, 5.74) is 0. The first-order chi connectivity index (χ1) is 10.5. The second kappa shape index (κ2) is 7.34. The van der Waals surface area contributed by atoms with Crippen LogP contribution in [0.1, 0.15) is 11.7 Å². The first kappa shape index (κ1) is 16.4. The number of nitrogens with zero attached hydrogens (tertiary/aromatic N) is 2. The summed E-state index contributed by atoms with van der Waals surface area (Å²) >= 11 is 0. The molecule has 0 bridgehead atoms. The van der Waals surface area contributed by atoms with E-state index in [1.807, 2.05) is 0 Å². The lowest BCUT2D eigenvalue weighted by atomic mass is 10.3. The molecule has 0 fully saturated rings. The minimum atomic E-state index is -3.61. The molecule has 120 valence electrons. The number of rotatable bonds is 8. The Morgan fingerprint density at radius 2 is 2.14 bits per heavy atom. The van der Waals surface area contributed by atoms with Crippen molar-refractivity contribution in [3.63, 3.8) is 0 Å². The normalized spacial score (nSPS) is 11.5. The number of ether oxygens (including phenoxy) is 2. The third kappa shape index (κ3) is 4.26. The van der Waals surface area contributed by atoms with E-state index in [9.17, 15) is 8.42 Å². The highest BCUT2D eigenvalue weighted by Gasteiger charge is 2.15. The molecule has 0 aliphatic rings. The molecule has 0 radical (unpaired) electrons. The van der Waals surface area contributed by atoms with Crippen molar-refractivity contribution >= 4 is 10.0 Å². The molecule has 0 aliphatic carbocycles. The van der Waals surface area contributed by atoms with Gasteiger partial charge in [0.2, 0.25) is 10.0 Å². The van der Waals surface area contributed by atoms with Gasteiger partial charge in [0, 0.05) is 26.1 Å². The van der Waals surface area contributed by atoms with Gasteiger partial charge < -0.3 is 14.0 Å². The summed E-state index contributed by atoms with van der Waals surface area (Å²) in [6, 6.07) is 6.24. The van der Waals surface area contributed by atoms with Crippen LogP contribution in [0.4, 0.5) is 0 Å². The Morgan fingerprint density at radius 3 is 2.86 bits per heavy atom. The highest BCUT2D eigenvalue weighted by Crippen LogP contribution is 2.16. The fraction of sp³-hybridized carbons (Fsp3) is 0.385. The molecule has 0 atom stereocenters. The molecule has 0 unspecified atom stereocenters. The molecule has 8 nitrogen and oxygen atoms in total. The van der Waals surface area contributed by atoms with E-state index >= 15 is 0 Å². The van der Waals surface area contributed by atoms with Crippen LogP contribution in [-0.4, -0.2) is 39.3 Å². The number of hydrogen-bond acceptors (Lipinski definition) is 7. The maximum Gasteiger partial charge on any atom is 0.252 e. The standard InChI is InChI=1S/C13H17N3O5S/c1-19-9-13-15-12(16-21-13)6-7-14-22(17,18)11-5-3-4-10(8-11)20-2/h3-5,8,14H,6-7,9H2,1-2H3. The van der Waals surface area contributed by atoms with Crippen LogP contribution >= 0.6 is 0 Å². The summed E-state index contributed by atoms with van der Waals surface area (Å²) < 4.78 is 41.6. The van der Waals surface area contributed by atoms with Crippen molar-refractivity contribution in [2.24, 2.45) is 0 Å². The zero-order chi connectivity index (χ0) is 16.0. The first-order valence-corrected chi connectivity index (χ1v) is 7.97. The lowest BCUT2D eigenvalue weighted by Gasteiger charge is -2.07. The summed E-state index contributed by atoms with van der Waals surface area (Å²) in [7, 11) is -0.608. The van der Waals surface area contributed by atoms with Crippen molar-refractivity contribution < 1.29 is 22.4 Å². The van der Waals surface area contributed by atoms with Crippen molar-refractivity contribution in [1.29, 1.82) is 0 Å². The third-order valence-corrected chi connectivity index (χ3v) is 4.23. The van der Waals surface area contributed by atoms with Crippen LogP contribution in [0.5, 0.6) is 5.75 Å². The van der Waals surface area contributed by atoms with E-state index < -0.39 is 10.0 Å². The van der Waals surface area contributed by atoms with E-state index in [2.05, 4.69) is 14.9 Å². The SMILES string of the molecule is COCc1nc(CCNS(=O)(=O)c2cccc(OC)c2)no1. The largest absolute Gasteiger partial charge is 0.497 e. The Hall–Kier alpha value is -1.97. The van der Waals surface area contributed by atoms with Gasteiger partial charge in [-0.05, 0) is 12.1 Å². The predicted octanol–water partition coefficient (Wildman–Crippen LogP) is 0.746. The fourth-order valence-corrected chi connectivity index (χ4v) is 2.79. The predicted molar refractivity (Wildman–Crippen MR) is 76.9 cm³/mol. The van der Waals surface area contributed by atoms with E-state index in [4.69, 9.17) is 14.0 Å². The molecule has 0 saturated carbocycles. The minimum Gasteiger partial charge on any atom is -0.497 e. The smallest absolute Gasteiger partial charge is 0.252 e. The molecule has 1 aromatic carbocycles. The van der Waals surface area contributed by atoms with Crippen LogP contribution in [0.25, 0.3) is 0 Å². The van der Waals surface area contributed by atoms with E-state index in [1.54, 1.807) is 12.1 Å². The lowest BCUT2D eigenvalue weighted by molar-refractivity contribution is 0.151. The highest BCUT2D eigenvalue weighted by molar-refractivity contribution is 7.89. The van der Waals surface area contributed by atoms with Crippen LogP contribution in [0.3, 0.4) is 0 Å². The quantitative estimate of drug-likeness (QED) is 0.763. The molecule has 1 heterocycles. The van der Waals surface area contributed by atoms with Crippen LogP contribution in [0.2, 0.25) is 0 Å². The second-order valence-corrected chi connectivity index (χ2v) is 6.13. The van der Waals surface area contributed by atoms with E-state index in [0.29, 0.717) is 23.9 Å². The second-order valence-electron chi connectivity index (χ2n) is 4.36. The van der Waals surface area contributed by atoms with Crippen molar-refractivity contribution in [1.82, 2.24) is 14.9 Å². The molecule has 0 amide bonds. The van der Waals surface area contributed by atoms with Gasteiger partial charge in [-0.2, -0.15) is 4.98 Å². The maximum absolute atomic E-state index is 12.1. The average Bonchev–Trinajstić information content (AvgIpc) is 2.95. The van der Waals surface area contributed by atoms with Crippen molar-refractivity contribution in [2.45, 2.75) is 17.9 Å². The Kier molecular flexibility index (Phi) is 5.47. The van der Waals surface area contributed by atoms with Gasteiger partial charge in [-0.25, -0.2) is 13.1 Å². The van der Waals surface area contributed by atoms with Gasteiger partial charge in [-0.3, -0.25) is 0 Å². The van der Waals surface area contributed by atoms with E-state index in [-0.39, 0.29) is 18.0 Å². The number of sulfonamides is 1. The highest BCUT2D eigenvalue weighted by atomic mass is 32.2. The van der Waals surface area contributed by atoms with Gasteiger partial charge in [-0.1, -0.05) is 11.2 Å². The summed E-state index contributed by atoms with van der Waals surface area (Å²) in [6.07, 6.45) is 0.316. The fourth-order valence-electron chi connectivity index (χ4n) is 1.72. The molecule has 1 aromatic heterocycles. The van der Waals surface area contributed by atoms with Crippen LogP contribution < -0.4 is 9.46 Å². The number of methoxy groups -OCH3 is 2. The number of hydrogen-bond donors (Lipinski definition) is 1. The minimum absolute atomic E-state index is 0.139. The molecule has 2 aromatic rings. The number of nitrogens with one attached hydrogen (secondary N) is 1. The summed E-state index contributed by atoms with van der Waals surface area (Å²) in [4.78, 5) is 4.20. The van der Waals surface area contributed by atoms with Crippen molar-refractivity contribution in [3.8, 4) is 5.75 Å². The number of benzene rings is 1. The lowest BCUT2D eigenvalue weighted by Crippen LogP contribution is -2.26. The van der Waals surface area contributed by atoms with E-state index in [0.717, 1.165) is 0 Å². The molecule has 0 spiro atoms. The van der Waals surface area contributed by atoms with E-state index in [1.165, 1.54) is 26.4 Å². The van der Waals surface area contributed by atoms with Gasteiger partial charge in [0.15, 0.2) is 5.82 Å². The summed E-state index contributed by atoms with van der Waals surface area (Å²) in [5.74, 6) is 1.25. The summed E-state index contributed by atoms with van der Waals surface area (Å²) in [5, 5.41) is 3.73. The molecule has 1 N–H and O–H groups in total. The molecule has 22 heavy (non-hydrogen) atoms. The average molecular weight is 327 g/mol. The molecule has 9 heteroatoms. The zero-order valence-electron chi connectivity index (χ0n) is 12.3. The maximum atomic E-state index is 12.1. The Balaban J connectivity index is 1.94. The van der Waals surface area contributed by atoms with Gasteiger partial charge in [-0.15, -0.1) is 0 Å². The summed E-state index contributed by atoms with van der Waals surface area (Å²) in [6.45, 7) is 0.383. The van der Waals surface area contributed by atoms with Gasteiger partial charge in [0.1, 0.15) is 12.4 Å². The van der Waals surface area contributed by atoms with Crippen molar-refractivity contribution in [3.05, 3.63) is 36.0 Å². The van der Waals surface area contributed by atoms with Gasteiger partial charge in [0.25, 0.3) is 5.89 Å². The molecule has 2 rings (SSSR count).